The molecular formula is C14H16BrNO3. The van der Waals surface area contributed by atoms with Gasteiger partial charge in [-0.05, 0) is 30.5 Å². The predicted molar refractivity (Wildman–Crippen MR) is 74.6 cm³/mol. The average molecular weight is 326 g/mol. The van der Waals surface area contributed by atoms with Gasteiger partial charge in [0.2, 0.25) is 5.91 Å². The van der Waals surface area contributed by atoms with E-state index in [4.69, 9.17) is 0 Å². The normalized spacial score (nSPS) is 24.1. The van der Waals surface area contributed by atoms with Gasteiger partial charge in [0.15, 0.2) is 0 Å². The van der Waals surface area contributed by atoms with Gasteiger partial charge in [-0.15, -0.1) is 0 Å². The molecule has 1 aliphatic heterocycles. The Kier molecular flexibility index (Phi) is 4.24. The molecule has 0 spiro atoms. The third-order valence-corrected chi connectivity index (χ3v) is 4.10. The largest absolute Gasteiger partial charge is 0.481 e. The van der Waals surface area contributed by atoms with Crippen LogP contribution in [-0.2, 0) is 9.59 Å². The molecule has 4 nitrogen and oxygen atoms in total. The fourth-order valence-corrected chi connectivity index (χ4v) is 3.05. The van der Waals surface area contributed by atoms with E-state index in [2.05, 4.69) is 15.9 Å². The third kappa shape index (κ3) is 2.97. The SMILES string of the molecule is CN1C(=O)CCCC(C(=O)O)C1c1cccc(Br)c1. The second kappa shape index (κ2) is 5.74. The van der Waals surface area contributed by atoms with E-state index in [-0.39, 0.29) is 5.91 Å². The number of nitrogens with zero attached hydrogens (tertiary/aromatic N) is 1. The van der Waals surface area contributed by atoms with Crippen LogP contribution in [0.15, 0.2) is 28.7 Å². The zero-order valence-corrected chi connectivity index (χ0v) is 12.3. The van der Waals surface area contributed by atoms with Crippen LogP contribution in [0.5, 0.6) is 0 Å². The number of carboxylic acid groups (broad SMARTS) is 1. The number of carbonyl (C=O) groups excluding carboxylic acids is 1. The molecule has 19 heavy (non-hydrogen) atoms. The molecule has 1 aromatic carbocycles. The number of benzene rings is 1. The van der Waals surface area contributed by atoms with Gasteiger partial charge >= 0.3 is 5.97 Å². The summed E-state index contributed by atoms with van der Waals surface area (Å²) in [6.45, 7) is 0. The van der Waals surface area contributed by atoms with Gasteiger partial charge in [0.25, 0.3) is 0 Å². The second-order valence-corrected chi connectivity index (χ2v) is 5.76. The number of hydrogen-bond donors (Lipinski definition) is 1. The van der Waals surface area contributed by atoms with Crippen LogP contribution in [0.2, 0.25) is 0 Å². The Bertz CT molecular complexity index is 503. The molecule has 2 unspecified atom stereocenters. The summed E-state index contributed by atoms with van der Waals surface area (Å²) >= 11 is 3.39. The van der Waals surface area contributed by atoms with Crippen molar-refractivity contribution < 1.29 is 14.7 Å². The molecule has 1 fully saturated rings. The molecule has 102 valence electrons. The molecule has 0 bridgehead atoms. The summed E-state index contributed by atoms with van der Waals surface area (Å²) in [6, 6.07) is 7.11. The quantitative estimate of drug-likeness (QED) is 0.909. The van der Waals surface area contributed by atoms with E-state index in [1.165, 1.54) is 0 Å². The minimum absolute atomic E-state index is 0.00808. The lowest BCUT2D eigenvalue weighted by Gasteiger charge is -2.30. The van der Waals surface area contributed by atoms with E-state index in [9.17, 15) is 14.7 Å². The monoisotopic (exact) mass is 325 g/mol. The molecule has 1 N–H and O–H groups in total. The average Bonchev–Trinajstić information content (AvgIpc) is 2.50. The van der Waals surface area contributed by atoms with Crippen molar-refractivity contribution >= 4 is 27.8 Å². The summed E-state index contributed by atoms with van der Waals surface area (Å²) in [5.74, 6) is -1.38. The van der Waals surface area contributed by atoms with Gasteiger partial charge in [0, 0.05) is 17.9 Å². The van der Waals surface area contributed by atoms with E-state index >= 15 is 0 Å². The first kappa shape index (κ1) is 14.1. The van der Waals surface area contributed by atoms with Crippen molar-refractivity contribution in [1.29, 1.82) is 0 Å². The molecule has 1 saturated heterocycles. The predicted octanol–water partition coefficient (Wildman–Crippen LogP) is 2.83. The number of aliphatic carboxylic acids is 1. The van der Waals surface area contributed by atoms with Gasteiger partial charge in [-0.1, -0.05) is 28.1 Å². The highest BCUT2D eigenvalue weighted by Gasteiger charge is 2.36. The van der Waals surface area contributed by atoms with Crippen LogP contribution in [0.1, 0.15) is 30.9 Å². The van der Waals surface area contributed by atoms with Crippen LogP contribution >= 0.6 is 15.9 Å². The van der Waals surface area contributed by atoms with Crippen molar-refractivity contribution in [3.05, 3.63) is 34.3 Å². The first-order valence-electron chi connectivity index (χ1n) is 6.24. The van der Waals surface area contributed by atoms with Crippen molar-refractivity contribution in [2.45, 2.75) is 25.3 Å². The number of rotatable bonds is 2. The van der Waals surface area contributed by atoms with E-state index in [1.54, 1.807) is 11.9 Å². The molecule has 0 radical (unpaired) electrons. The lowest BCUT2D eigenvalue weighted by Crippen LogP contribution is -2.36. The molecule has 1 amide bonds. The van der Waals surface area contributed by atoms with Gasteiger partial charge < -0.3 is 10.0 Å². The maximum Gasteiger partial charge on any atom is 0.308 e. The Morgan fingerprint density at radius 3 is 2.84 bits per heavy atom. The fourth-order valence-electron chi connectivity index (χ4n) is 2.64. The molecule has 2 rings (SSSR count). The van der Waals surface area contributed by atoms with Gasteiger partial charge in [0.05, 0.1) is 12.0 Å². The molecule has 1 aliphatic rings. The van der Waals surface area contributed by atoms with Gasteiger partial charge in [-0.2, -0.15) is 0 Å². The van der Waals surface area contributed by atoms with Crippen molar-refractivity contribution in [2.75, 3.05) is 7.05 Å². The Morgan fingerprint density at radius 2 is 2.21 bits per heavy atom. The van der Waals surface area contributed by atoms with Gasteiger partial charge in [-0.25, -0.2) is 0 Å². The van der Waals surface area contributed by atoms with Crippen LogP contribution in [0.25, 0.3) is 0 Å². The number of likely N-dealkylation sites (tertiary alicyclic amines) is 1. The lowest BCUT2D eigenvalue weighted by molar-refractivity contribution is -0.145. The number of hydrogen-bond acceptors (Lipinski definition) is 2. The minimum atomic E-state index is -0.841. The van der Waals surface area contributed by atoms with Crippen molar-refractivity contribution in [2.24, 2.45) is 5.92 Å². The molecule has 1 aromatic rings. The Hall–Kier alpha value is -1.36. The highest BCUT2D eigenvalue weighted by atomic mass is 79.9. The van der Waals surface area contributed by atoms with Crippen LogP contribution in [0.4, 0.5) is 0 Å². The Morgan fingerprint density at radius 1 is 1.47 bits per heavy atom. The summed E-state index contributed by atoms with van der Waals surface area (Å²) in [5.41, 5.74) is 0.861. The van der Waals surface area contributed by atoms with Gasteiger partial charge in [0.1, 0.15) is 0 Å². The Balaban J connectivity index is 2.44. The first-order valence-corrected chi connectivity index (χ1v) is 7.04. The fraction of sp³-hybridized carbons (Fsp3) is 0.429. The van der Waals surface area contributed by atoms with E-state index in [1.807, 2.05) is 24.3 Å². The number of halogens is 1. The third-order valence-electron chi connectivity index (χ3n) is 3.60. The van der Waals surface area contributed by atoms with Crippen LogP contribution in [0.3, 0.4) is 0 Å². The maximum atomic E-state index is 12.0. The molecule has 5 heteroatoms. The minimum Gasteiger partial charge on any atom is -0.481 e. The molecule has 0 aromatic heterocycles. The van der Waals surface area contributed by atoms with E-state index < -0.39 is 17.9 Å². The highest BCUT2D eigenvalue weighted by Crippen LogP contribution is 2.35. The van der Waals surface area contributed by atoms with Crippen LogP contribution < -0.4 is 0 Å². The molecular weight excluding hydrogens is 310 g/mol. The number of amides is 1. The summed E-state index contributed by atoms with van der Waals surface area (Å²) < 4.78 is 0.888. The molecule has 0 aliphatic carbocycles. The number of carboxylic acids is 1. The summed E-state index contributed by atoms with van der Waals surface area (Å²) in [5, 5.41) is 9.42. The van der Waals surface area contributed by atoms with Gasteiger partial charge in [-0.3, -0.25) is 9.59 Å². The molecule has 2 atom stereocenters. The summed E-state index contributed by atoms with van der Waals surface area (Å²) in [7, 11) is 1.69. The molecule has 0 saturated carbocycles. The zero-order chi connectivity index (χ0) is 14.0. The van der Waals surface area contributed by atoms with Crippen molar-refractivity contribution in [1.82, 2.24) is 4.90 Å². The smallest absolute Gasteiger partial charge is 0.308 e. The maximum absolute atomic E-state index is 12.0. The lowest BCUT2D eigenvalue weighted by atomic mass is 9.89. The zero-order valence-electron chi connectivity index (χ0n) is 10.7. The topological polar surface area (TPSA) is 57.6 Å². The van der Waals surface area contributed by atoms with Crippen molar-refractivity contribution in [3.63, 3.8) is 0 Å². The molecule has 1 heterocycles. The summed E-state index contributed by atoms with van der Waals surface area (Å²) in [6.07, 6.45) is 1.58. The number of carbonyl (C=O) groups is 2. The van der Waals surface area contributed by atoms with Crippen LogP contribution in [0, 0.1) is 5.92 Å². The van der Waals surface area contributed by atoms with Crippen LogP contribution in [-0.4, -0.2) is 28.9 Å². The Labute approximate surface area is 120 Å². The van der Waals surface area contributed by atoms with E-state index in [0.29, 0.717) is 19.3 Å². The summed E-state index contributed by atoms with van der Waals surface area (Å²) in [4.78, 5) is 25.0. The van der Waals surface area contributed by atoms with E-state index in [0.717, 1.165) is 10.0 Å². The first-order chi connectivity index (χ1) is 9.00. The van der Waals surface area contributed by atoms with Crippen molar-refractivity contribution in [3.8, 4) is 0 Å². The highest BCUT2D eigenvalue weighted by molar-refractivity contribution is 9.10. The standard InChI is InChI=1S/C14H16BrNO3/c1-16-12(17)7-3-6-11(14(18)19)13(16)9-4-2-5-10(15)8-9/h2,4-5,8,11,13H,3,6-7H2,1H3,(H,18,19). The second-order valence-electron chi connectivity index (χ2n) is 4.84.